The minimum Gasteiger partial charge on any atom is -0.337 e. The fraction of sp³-hybridized carbons (Fsp3) is 0.412. The molecule has 0 unspecified atom stereocenters. The van der Waals surface area contributed by atoms with Crippen molar-refractivity contribution in [1.82, 2.24) is 13.9 Å². The first-order valence-electron chi connectivity index (χ1n) is 8.29. The lowest BCUT2D eigenvalue weighted by atomic mass is 9.98. The molecule has 0 spiro atoms. The quantitative estimate of drug-likeness (QED) is 0.881. The van der Waals surface area contributed by atoms with E-state index in [1.807, 2.05) is 10.8 Å². The van der Waals surface area contributed by atoms with E-state index < -0.39 is 10.0 Å². The van der Waals surface area contributed by atoms with Crippen molar-refractivity contribution in [1.29, 1.82) is 0 Å². The van der Waals surface area contributed by atoms with Crippen molar-refractivity contribution in [3.63, 3.8) is 0 Å². The average molecular weight is 362 g/mol. The van der Waals surface area contributed by atoms with Gasteiger partial charge in [-0.25, -0.2) is 13.4 Å². The smallest absolute Gasteiger partial charge is 0.243 e. The van der Waals surface area contributed by atoms with Gasteiger partial charge in [0.1, 0.15) is 0 Å². The molecule has 0 bridgehead atoms. The molecular formula is C17H22N4O3S. The summed E-state index contributed by atoms with van der Waals surface area (Å²) in [5.41, 5.74) is 0.588. The summed E-state index contributed by atoms with van der Waals surface area (Å²) in [6.45, 7) is 3.34. The molecule has 1 N–H and O–H groups in total. The summed E-state index contributed by atoms with van der Waals surface area (Å²) >= 11 is 0. The number of benzene rings is 1. The van der Waals surface area contributed by atoms with E-state index in [2.05, 4.69) is 10.3 Å². The number of nitrogens with one attached hydrogen (secondary N) is 1. The number of sulfonamides is 1. The van der Waals surface area contributed by atoms with Gasteiger partial charge in [0.05, 0.1) is 11.2 Å². The van der Waals surface area contributed by atoms with Crippen LogP contribution >= 0.6 is 0 Å². The molecule has 25 heavy (non-hydrogen) atoms. The summed E-state index contributed by atoms with van der Waals surface area (Å²) in [4.78, 5) is 15.3. The van der Waals surface area contributed by atoms with Crippen LogP contribution in [-0.2, 0) is 21.4 Å². The van der Waals surface area contributed by atoms with Crippen LogP contribution in [0.25, 0.3) is 0 Å². The van der Waals surface area contributed by atoms with Crippen LogP contribution in [0.3, 0.4) is 0 Å². The Morgan fingerprint density at radius 3 is 2.48 bits per heavy atom. The maximum Gasteiger partial charge on any atom is 0.243 e. The third kappa shape index (κ3) is 4.26. The van der Waals surface area contributed by atoms with E-state index in [0.29, 0.717) is 24.7 Å². The van der Waals surface area contributed by atoms with Gasteiger partial charge in [0.15, 0.2) is 0 Å². The number of anilines is 1. The molecule has 1 aromatic carbocycles. The number of nitrogens with zero attached hydrogens (tertiary/aromatic N) is 3. The Hall–Kier alpha value is -2.19. The van der Waals surface area contributed by atoms with E-state index in [1.165, 1.54) is 19.1 Å². The predicted octanol–water partition coefficient (Wildman–Crippen LogP) is 1.94. The number of hydrogen-bond acceptors (Lipinski definition) is 4. The van der Waals surface area contributed by atoms with Gasteiger partial charge in [0, 0.05) is 44.6 Å². The molecule has 1 saturated heterocycles. The molecule has 1 aliphatic heterocycles. The fourth-order valence-corrected chi connectivity index (χ4v) is 4.56. The topological polar surface area (TPSA) is 84.3 Å². The molecule has 3 rings (SSSR count). The molecule has 1 aromatic heterocycles. The second-order valence-corrected chi connectivity index (χ2v) is 8.25. The lowest BCUT2D eigenvalue weighted by Gasteiger charge is -2.31. The van der Waals surface area contributed by atoms with Gasteiger partial charge < -0.3 is 9.88 Å². The highest BCUT2D eigenvalue weighted by Gasteiger charge is 2.29. The Balaban J connectivity index is 1.62. The number of rotatable bonds is 5. The lowest BCUT2D eigenvalue weighted by molar-refractivity contribution is -0.114. The molecular weight excluding hydrogens is 340 g/mol. The second-order valence-electron chi connectivity index (χ2n) is 6.31. The van der Waals surface area contributed by atoms with Crippen molar-refractivity contribution in [2.24, 2.45) is 5.92 Å². The van der Waals surface area contributed by atoms with Crippen molar-refractivity contribution in [3.05, 3.63) is 43.0 Å². The van der Waals surface area contributed by atoms with E-state index in [4.69, 9.17) is 0 Å². The Kier molecular flexibility index (Phi) is 5.19. The zero-order chi connectivity index (χ0) is 17.9. The van der Waals surface area contributed by atoms with Gasteiger partial charge in [-0.05, 0) is 43.0 Å². The minimum absolute atomic E-state index is 0.185. The number of imidazole rings is 1. The van der Waals surface area contributed by atoms with Crippen LogP contribution < -0.4 is 5.32 Å². The molecule has 7 nitrogen and oxygen atoms in total. The van der Waals surface area contributed by atoms with Gasteiger partial charge >= 0.3 is 0 Å². The molecule has 0 atom stereocenters. The maximum absolute atomic E-state index is 12.8. The molecule has 1 amide bonds. The van der Waals surface area contributed by atoms with Gasteiger partial charge in [-0.3, -0.25) is 4.79 Å². The number of carbonyl (C=O) groups excluding carboxylic acids is 1. The normalized spacial score (nSPS) is 16.7. The Bertz CT molecular complexity index is 808. The second kappa shape index (κ2) is 7.37. The van der Waals surface area contributed by atoms with E-state index in [1.54, 1.807) is 29.0 Å². The van der Waals surface area contributed by atoms with Gasteiger partial charge in [-0.15, -0.1) is 0 Å². The number of piperidine rings is 1. The fourth-order valence-electron chi connectivity index (χ4n) is 3.09. The van der Waals surface area contributed by atoms with E-state index >= 15 is 0 Å². The van der Waals surface area contributed by atoms with Crippen molar-refractivity contribution in [2.45, 2.75) is 31.2 Å². The zero-order valence-corrected chi connectivity index (χ0v) is 14.9. The lowest BCUT2D eigenvalue weighted by Crippen LogP contribution is -2.39. The van der Waals surface area contributed by atoms with Crippen LogP contribution in [0.2, 0.25) is 0 Å². The third-order valence-electron chi connectivity index (χ3n) is 4.41. The Morgan fingerprint density at radius 1 is 1.24 bits per heavy atom. The Labute approximate surface area is 147 Å². The largest absolute Gasteiger partial charge is 0.337 e. The van der Waals surface area contributed by atoms with E-state index in [0.717, 1.165) is 19.4 Å². The van der Waals surface area contributed by atoms with Crippen LogP contribution in [-0.4, -0.2) is 41.3 Å². The zero-order valence-electron chi connectivity index (χ0n) is 14.1. The monoisotopic (exact) mass is 362 g/mol. The first kappa shape index (κ1) is 17.6. The SMILES string of the molecule is CC(=O)Nc1ccc(S(=O)(=O)N2CCC(Cn3ccnc3)CC2)cc1. The summed E-state index contributed by atoms with van der Waals surface area (Å²) in [5, 5.41) is 2.63. The summed E-state index contributed by atoms with van der Waals surface area (Å²) in [7, 11) is -3.49. The van der Waals surface area contributed by atoms with Crippen LogP contribution in [0.1, 0.15) is 19.8 Å². The number of hydrogen-bond donors (Lipinski definition) is 1. The summed E-state index contributed by atoms with van der Waals surface area (Å²) in [6.07, 6.45) is 7.15. The van der Waals surface area contributed by atoms with Gasteiger partial charge in [0.25, 0.3) is 0 Å². The number of aromatic nitrogens is 2. The molecule has 0 saturated carbocycles. The molecule has 0 aliphatic carbocycles. The van der Waals surface area contributed by atoms with Crippen molar-refractivity contribution in [3.8, 4) is 0 Å². The van der Waals surface area contributed by atoms with Crippen molar-refractivity contribution < 1.29 is 13.2 Å². The van der Waals surface area contributed by atoms with Crippen LogP contribution in [0, 0.1) is 5.92 Å². The molecule has 1 aliphatic rings. The molecule has 1 fully saturated rings. The molecule has 0 radical (unpaired) electrons. The maximum atomic E-state index is 12.8. The van der Waals surface area contributed by atoms with Crippen LogP contribution in [0.5, 0.6) is 0 Å². The first-order valence-corrected chi connectivity index (χ1v) is 9.73. The molecule has 2 aromatic rings. The van der Waals surface area contributed by atoms with Gasteiger partial charge in [0.2, 0.25) is 15.9 Å². The van der Waals surface area contributed by atoms with Crippen LogP contribution in [0.4, 0.5) is 5.69 Å². The summed E-state index contributed by atoms with van der Waals surface area (Å²) < 4.78 is 29.1. The van der Waals surface area contributed by atoms with Crippen molar-refractivity contribution >= 4 is 21.6 Å². The van der Waals surface area contributed by atoms with Crippen LogP contribution in [0.15, 0.2) is 47.9 Å². The van der Waals surface area contributed by atoms with Crippen molar-refractivity contribution in [2.75, 3.05) is 18.4 Å². The number of carbonyl (C=O) groups is 1. The highest BCUT2D eigenvalue weighted by molar-refractivity contribution is 7.89. The average Bonchev–Trinajstić information content (AvgIpc) is 3.08. The Morgan fingerprint density at radius 2 is 1.92 bits per heavy atom. The van der Waals surface area contributed by atoms with E-state index in [9.17, 15) is 13.2 Å². The van der Waals surface area contributed by atoms with Gasteiger partial charge in [-0.2, -0.15) is 4.31 Å². The molecule has 8 heteroatoms. The summed E-state index contributed by atoms with van der Waals surface area (Å²) in [6, 6.07) is 6.30. The molecule has 134 valence electrons. The minimum atomic E-state index is -3.49. The highest BCUT2D eigenvalue weighted by Crippen LogP contribution is 2.25. The van der Waals surface area contributed by atoms with Gasteiger partial charge in [-0.1, -0.05) is 0 Å². The predicted molar refractivity (Wildman–Crippen MR) is 94.5 cm³/mol. The highest BCUT2D eigenvalue weighted by atomic mass is 32.2. The first-order chi connectivity index (χ1) is 11.9. The third-order valence-corrected chi connectivity index (χ3v) is 6.33. The molecule has 2 heterocycles. The van der Waals surface area contributed by atoms with E-state index in [-0.39, 0.29) is 10.8 Å². The number of amides is 1. The summed E-state index contributed by atoms with van der Waals surface area (Å²) in [5.74, 6) is 0.276. The standard InChI is InChI=1S/C17H22N4O3S/c1-14(22)19-16-2-4-17(5-3-16)25(23,24)21-9-6-15(7-10-21)12-20-11-8-18-13-20/h2-5,8,11,13,15H,6-7,9-10,12H2,1H3,(H,19,22).